The van der Waals surface area contributed by atoms with Crippen LogP contribution in [0.25, 0.3) is 5.65 Å². The van der Waals surface area contributed by atoms with Gasteiger partial charge in [0, 0.05) is 12.4 Å². The Morgan fingerprint density at radius 2 is 2.00 bits per heavy atom. The first-order chi connectivity index (χ1) is 9.61. The van der Waals surface area contributed by atoms with E-state index in [4.69, 9.17) is 23.2 Å². The zero-order chi connectivity index (χ0) is 14.1. The van der Waals surface area contributed by atoms with Crippen molar-refractivity contribution in [2.24, 2.45) is 0 Å². The van der Waals surface area contributed by atoms with E-state index >= 15 is 0 Å². The lowest BCUT2D eigenvalue weighted by atomic mass is 10.3. The molecule has 0 atom stereocenters. The number of hydrogen-bond donors (Lipinski definition) is 1. The van der Waals surface area contributed by atoms with Gasteiger partial charge < -0.3 is 9.72 Å². The molecule has 0 aliphatic rings. The van der Waals surface area contributed by atoms with E-state index in [0.717, 1.165) is 11.3 Å². The summed E-state index contributed by atoms with van der Waals surface area (Å²) in [6, 6.07) is 7.87. The van der Waals surface area contributed by atoms with Crippen LogP contribution >= 0.6 is 23.2 Å². The average molecular weight is 310 g/mol. The molecule has 2 heterocycles. The Labute approximate surface area is 125 Å². The highest BCUT2D eigenvalue weighted by Crippen LogP contribution is 2.23. The number of nitrogens with one attached hydrogen (secondary N) is 1. The fourth-order valence-electron chi connectivity index (χ4n) is 1.92. The largest absolute Gasteiger partial charge is 0.378 e. The summed E-state index contributed by atoms with van der Waals surface area (Å²) in [6.07, 6.45) is 3.67. The number of rotatable bonds is 3. The lowest BCUT2D eigenvalue weighted by Gasteiger charge is -2.06. The van der Waals surface area contributed by atoms with E-state index < -0.39 is 0 Å². The van der Waals surface area contributed by atoms with E-state index in [1.54, 1.807) is 18.3 Å². The van der Waals surface area contributed by atoms with Gasteiger partial charge in [-0.1, -0.05) is 23.2 Å². The van der Waals surface area contributed by atoms with Crippen LogP contribution in [0.4, 0.5) is 10.1 Å². The van der Waals surface area contributed by atoms with Crippen molar-refractivity contribution in [3.8, 4) is 0 Å². The number of aromatic nitrogens is 2. The van der Waals surface area contributed by atoms with Crippen molar-refractivity contribution in [3.63, 3.8) is 0 Å². The highest BCUT2D eigenvalue weighted by Gasteiger charge is 2.05. The summed E-state index contributed by atoms with van der Waals surface area (Å²) >= 11 is 11.9. The first-order valence-corrected chi connectivity index (χ1v) is 6.69. The molecule has 0 saturated heterocycles. The van der Waals surface area contributed by atoms with Crippen LogP contribution in [0.15, 0.2) is 42.7 Å². The Bertz CT molecular complexity index is 770. The van der Waals surface area contributed by atoms with Gasteiger partial charge in [0.25, 0.3) is 0 Å². The molecule has 1 aromatic carbocycles. The summed E-state index contributed by atoms with van der Waals surface area (Å²) < 4.78 is 14.8. The van der Waals surface area contributed by atoms with Gasteiger partial charge in [0.05, 0.1) is 28.0 Å². The van der Waals surface area contributed by atoms with Crippen LogP contribution in [0.3, 0.4) is 0 Å². The molecule has 0 unspecified atom stereocenters. The number of benzene rings is 1. The maximum atomic E-state index is 12.9. The van der Waals surface area contributed by atoms with E-state index in [2.05, 4.69) is 10.3 Å². The molecular weight excluding hydrogens is 300 g/mol. The summed E-state index contributed by atoms with van der Waals surface area (Å²) in [5.41, 5.74) is 2.33. The van der Waals surface area contributed by atoms with Crippen molar-refractivity contribution < 1.29 is 4.39 Å². The van der Waals surface area contributed by atoms with Crippen LogP contribution in [-0.4, -0.2) is 9.38 Å². The predicted molar refractivity (Wildman–Crippen MR) is 78.9 cm³/mol. The van der Waals surface area contributed by atoms with E-state index in [0.29, 0.717) is 22.3 Å². The predicted octanol–water partition coefficient (Wildman–Crippen LogP) is 4.39. The second kappa shape index (κ2) is 5.31. The number of fused-ring (bicyclic) bond motifs is 1. The molecule has 0 amide bonds. The van der Waals surface area contributed by atoms with Crippen LogP contribution in [0.2, 0.25) is 10.0 Å². The van der Waals surface area contributed by atoms with E-state index in [1.165, 1.54) is 12.1 Å². The van der Waals surface area contributed by atoms with Gasteiger partial charge in [-0.15, -0.1) is 0 Å². The molecule has 2 aromatic heterocycles. The van der Waals surface area contributed by atoms with Crippen molar-refractivity contribution in [1.82, 2.24) is 9.38 Å². The minimum Gasteiger partial charge on any atom is -0.378 e. The summed E-state index contributed by atoms with van der Waals surface area (Å²) in [6.45, 7) is 0.491. The molecule has 20 heavy (non-hydrogen) atoms. The lowest BCUT2D eigenvalue weighted by Crippen LogP contribution is -2.00. The number of imidazole rings is 1. The zero-order valence-electron chi connectivity index (χ0n) is 10.3. The Hall–Kier alpha value is -1.78. The summed E-state index contributed by atoms with van der Waals surface area (Å²) in [7, 11) is 0. The van der Waals surface area contributed by atoms with Crippen LogP contribution in [0, 0.1) is 5.82 Å². The number of anilines is 1. The number of pyridine rings is 1. The van der Waals surface area contributed by atoms with E-state index in [9.17, 15) is 4.39 Å². The molecule has 102 valence electrons. The Morgan fingerprint density at radius 1 is 1.15 bits per heavy atom. The van der Waals surface area contributed by atoms with Crippen molar-refractivity contribution in [3.05, 3.63) is 64.3 Å². The van der Waals surface area contributed by atoms with Crippen molar-refractivity contribution in [1.29, 1.82) is 0 Å². The molecule has 3 nitrogen and oxygen atoms in total. The number of nitrogens with zero attached hydrogens (tertiary/aromatic N) is 2. The topological polar surface area (TPSA) is 29.3 Å². The minimum atomic E-state index is -0.358. The third kappa shape index (κ3) is 2.71. The average Bonchev–Trinajstić information content (AvgIpc) is 2.79. The quantitative estimate of drug-likeness (QED) is 0.777. The fraction of sp³-hybridized carbons (Fsp3) is 0.0714. The zero-order valence-corrected chi connectivity index (χ0v) is 11.8. The van der Waals surface area contributed by atoms with Gasteiger partial charge in [-0.2, -0.15) is 0 Å². The first kappa shape index (κ1) is 13.2. The van der Waals surface area contributed by atoms with Crippen molar-refractivity contribution in [2.45, 2.75) is 6.54 Å². The van der Waals surface area contributed by atoms with Crippen molar-refractivity contribution in [2.75, 3.05) is 5.32 Å². The molecule has 1 N–H and O–H groups in total. The highest BCUT2D eigenvalue weighted by atomic mass is 35.5. The number of halogens is 3. The molecule has 0 saturated carbocycles. The Morgan fingerprint density at radius 3 is 2.80 bits per heavy atom. The molecule has 0 aliphatic carbocycles. The van der Waals surface area contributed by atoms with Crippen LogP contribution in [0.1, 0.15) is 5.69 Å². The second-order valence-electron chi connectivity index (χ2n) is 4.32. The maximum Gasteiger partial charge on any atom is 0.137 e. The van der Waals surface area contributed by atoms with Gasteiger partial charge >= 0.3 is 0 Å². The Balaban J connectivity index is 1.79. The van der Waals surface area contributed by atoms with Crippen LogP contribution in [-0.2, 0) is 6.54 Å². The van der Waals surface area contributed by atoms with Gasteiger partial charge in [-0.25, -0.2) is 9.37 Å². The van der Waals surface area contributed by atoms with Gasteiger partial charge in [0.1, 0.15) is 11.5 Å². The van der Waals surface area contributed by atoms with Gasteiger partial charge in [0.15, 0.2) is 0 Å². The van der Waals surface area contributed by atoms with Crippen LogP contribution < -0.4 is 5.32 Å². The SMILES string of the molecule is Fc1ccc(NCc2cn3cc(Cl)ccc3n2)c(Cl)c1. The maximum absolute atomic E-state index is 12.9. The molecule has 0 aliphatic heterocycles. The van der Waals surface area contributed by atoms with Crippen molar-refractivity contribution >= 4 is 34.5 Å². The Kier molecular flexibility index (Phi) is 3.51. The third-order valence-electron chi connectivity index (χ3n) is 2.86. The molecule has 0 radical (unpaired) electrons. The van der Waals surface area contributed by atoms with Gasteiger partial charge in [-0.3, -0.25) is 0 Å². The summed E-state index contributed by atoms with van der Waals surface area (Å²) in [4.78, 5) is 4.44. The summed E-state index contributed by atoms with van der Waals surface area (Å²) in [5.74, 6) is -0.358. The first-order valence-electron chi connectivity index (χ1n) is 5.94. The van der Waals surface area contributed by atoms with Crippen LogP contribution in [0.5, 0.6) is 0 Å². The molecule has 0 bridgehead atoms. The molecule has 0 fully saturated rings. The lowest BCUT2D eigenvalue weighted by molar-refractivity contribution is 0.628. The van der Waals surface area contributed by atoms with E-state index in [1.807, 2.05) is 16.7 Å². The normalized spacial score (nSPS) is 10.9. The van der Waals surface area contributed by atoms with E-state index in [-0.39, 0.29) is 5.82 Å². The minimum absolute atomic E-state index is 0.344. The molecule has 0 spiro atoms. The third-order valence-corrected chi connectivity index (χ3v) is 3.39. The molecule has 3 rings (SSSR count). The molecule has 3 aromatic rings. The molecular formula is C14H10Cl2FN3. The van der Waals surface area contributed by atoms with Gasteiger partial charge in [0.2, 0.25) is 0 Å². The van der Waals surface area contributed by atoms with Gasteiger partial charge in [-0.05, 0) is 30.3 Å². The summed E-state index contributed by atoms with van der Waals surface area (Å²) in [5, 5.41) is 4.12. The number of hydrogen-bond acceptors (Lipinski definition) is 2. The second-order valence-corrected chi connectivity index (χ2v) is 5.17. The molecule has 6 heteroatoms. The fourth-order valence-corrected chi connectivity index (χ4v) is 2.32. The monoisotopic (exact) mass is 309 g/mol. The smallest absolute Gasteiger partial charge is 0.137 e. The highest BCUT2D eigenvalue weighted by molar-refractivity contribution is 6.33. The standard InChI is InChI=1S/C14H10Cl2FN3/c15-9-1-4-14-19-11(8-20(14)7-9)6-18-13-3-2-10(17)5-12(13)16/h1-5,7-8,18H,6H2.